The predicted octanol–water partition coefficient (Wildman–Crippen LogP) is 4.41. The highest BCUT2D eigenvalue weighted by atomic mass is 19.4. The molecule has 0 bridgehead atoms. The lowest BCUT2D eigenvalue weighted by atomic mass is 9.90. The van der Waals surface area contributed by atoms with E-state index in [9.17, 15) is 22.4 Å². The van der Waals surface area contributed by atoms with Crippen molar-refractivity contribution < 1.29 is 27.1 Å². The van der Waals surface area contributed by atoms with E-state index in [1.54, 1.807) is 0 Å². The Morgan fingerprint density at radius 3 is 2.61 bits per heavy atom. The highest BCUT2D eigenvalue weighted by Crippen LogP contribution is 2.25. The molecule has 1 heterocycles. The van der Waals surface area contributed by atoms with E-state index >= 15 is 0 Å². The molecule has 158 valence electrons. The molecule has 2 atom stereocenters. The molecule has 1 aliphatic rings. The Labute approximate surface area is 163 Å². The second-order valence-electron chi connectivity index (χ2n) is 8.46. The van der Waals surface area contributed by atoms with Gasteiger partial charge < -0.3 is 15.0 Å². The van der Waals surface area contributed by atoms with Gasteiger partial charge in [-0.3, -0.25) is 4.79 Å². The van der Waals surface area contributed by atoms with Gasteiger partial charge >= 0.3 is 6.36 Å². The summed E-state index contributed by atoms with van der Waals surface area (Å²) in [6.45, 7) is 8.55. The van der Waals surface area contributed by atoms with Crippen LogP contribution in [0.25, 0.3) is 0 Å². The number of alkyl halides is 4. The molecule has 2 unspecified atom stereocenters. The number of carbonyl (C=O) groups is 1. The molecule has 0 saturated carbocycles. The first-order chi connectivity index (χ1) is 12.9. The fourth-order valence-electron chi connectivity index (χ4n) is 3.10. The largest absolute Gasteiger partial charge is 0.573 e. The molecule has 1 amide bonds. The van der Waals surface area contributed by atoms with E-state index in [2.05, 4.69) is 35.7 Å². The zero-order valence-electron chi connectivity index (χ0n) is 16.5. The lowest BCUT2D eigenvalue weighted by molar-refractivity contribution is -0.274. The number of amides is 1. The number of piperidine rings is 1. The number of hydrogen-bond donors (Lipinski definition) is 1. The summed E-state index contributed by atoms with van der Waals surface area (Å²) in [5.41, 5.74) is 0.237. The molecule has 0 radical (unpaired) electrons. The number of nitrogens with zero attached hydrogens (tertiary/aromatic N) is 1. The van der Waals surface area contributed by atoms with Crippen LogP contribution in [0.4, 0.5) is 17.6 Å². The van der Waals surface area contributed by atoms with Crippen LogP contribution in [0.15, 0.2) is 24.3 Å². The summed E-state index contributed by atoms with van der Waals surface area (Å²) in [7, 11) is 0. The molecular formula is C20H28F4N2O2. The van der Waals surface area contributed by atoms with Crippen molar-refractivity contribution in [3.8, 4) is 5.75 Å². The Hall–Kier alpha value is -1.83. The molecule has 1 saturated heterocycles. The number of nitrogens with one attached hydrogen (secondary N) is 1. The van der Waals surface area contributed by atoms with Crippen LogP contribution in [0.1, 0.15) is 44.0 Å². The average Bonchev–Trinajstić information content (AvgIpc) is 2.57. The van der Waals surface area contributed by atoms with Gasteiger partial charge in [0.2, 0.25) is 0 Å². The van der Waals surface area contributed by atoms with Crippen molar-refractivity contribution in [1.29, 1.82) is 0 Å². The molecule has 28 heavy (non-hydrogen) atoms. The summed E-state index contributed by atoms with van der Waals surface area (Å²) >= 11 is 0. The van der Waals surface area contributed by atoms with E-state index in [1.165, 1.54) is 12.1 Å². The van der Waals surface area contributed by atoms with E-state index in [0.717, 1.165) is 31.6 Å². The van der Waals surface area contributed by atoms with Gasteiger partial charge in [-0.1, -0.05) is 26.8 Å². The maximum Gasteiger partial charge on any atom is 0.573 e. The maximum atomic E-state index is 14.5. The molecule has 8 heteroatoms. The van der Waals surface area contributed by atoms with Gasteiger partial charge in [0.1, 0.15) is 11.9 Å². The summed E-state index contributed by atoms with van der Waals surface area (Å²) in [5.74, 6) is -1.31. The van der Waals surface area contributed by atoms with Crippen molar-refractivity contribution in [3.05, 3.63) is 29.8 Å². The van der Waals surface area contributed by atoms with Crippen molar-refractivity contribution in [3.63, 3.8) is 0 Å². The van der Waals surface area contributed by atoms with Crippen LogP contribution in [0, 0.1) is 11.3 Å². The molecule has 0 spiro atoms. The Morgan fingerprint density at radius 1 is 1.29 bits per heavy atom. The molecule has 1 N–H and O–H groups in total. The van der Waals surface area contributed by atoms with Gasteiger partial charge in [-0.15, -0.1) is 13.2 Å². The number of likely N-dealkylation sites (tertiary alicyclic amines) is 1. The van der Waals surface area contributed by atoms with Crippen molar-refractivity contribution in [2.75, 3.05) is 26.2 Å². The fourth-order valence-corrected chi connectivity index (χ4v) is 3.10. The van der Waals surface area contributed by atoms with Gasteiger partial charge in [0, 0.05) is 24.6 Å². The van der Waals surface area contributed by atoms with E-state index in [1.807, 2.05) is 0 Å². The van der Waals surface area contributed by atoms with E-state index in [0.29, 0.717) is 13.0 Å². The van der Waals surface area contributed by atoms with Crippen LogP contribution in [-0.4, -0.2) is 49.5 Å². The second kappa shape index (κ2) is 9.11. The molecular weight excluding hydrogens is 376 g/mol. The van der Waals surface area contributed by atoms with Crippen molar-refractivity contribution in [2.24, 2.45) is 11.3 Å². The molecule has 1 aromatic carbocycles. The lowest BCUT2D eigenvalue weighted by Gasteiger charge is -2.36. The van der Waals surface area contributed by atoms with E-state index in [4.69, 9.17) is 0 Å². The SMILES string of the molecule is CC(C)(C)CCN1CCC(CNC(=O)c2cccc(OC(F)(F)F)c2)C(F)C1. The number of ether oxygens (including phenoxy) is 1. The first-order valence-corrected chi connectivity index (χ1v) is 9.43. The first-order valence-electron chi connectivity index (χ1n) is 9.43. The molecule has 1 aromatic rings. The zero-order chi connectivity index (χ0) is 20.9. The predicted molar refractivity (Wildman–Crippen MR) is 99.0 cm³/mol. The number of carbonyl (C=O) groups excluding carboxylic acids is 1. The lowest BCUT2D eigenvalue weighted by Crippen LogP contribution is -2.46. The summed E-state index contributed by atoms with van der Waals surface area (Å²) in [6, 6.07) is 4.84. The summed E-state index contributed by atoms with van der Waals surface area (Å²) in [5, 5.41) is 2.63. The minimum Gasteiger partial charge on any atom is -0.406 e. The highest BCUT2D eigenvalue weighted by molar-refractivity contribution is 5.94. The Balaban J connectivity index is 1.82. The number of benzene rings is 1. The van der Waals surface area contributed by atoms with Gasteiger partial charge in [0.25, 0.3) is 5.91 Å². The molecule has 0 aliphatic carbocycles. The number of hydrogen-bond acceptors (Lipinski definition) is 3. The van der Waals surface area contributed by atoms with Crippen molar-refractivity contribution in [2.45, 2.75) is 46.1 Å². The van der Waals surface area contributed by atoms with Gasteiger partial charge in [-0.05, 0) is 49.5 Å². The first kappa shape index (κ1) is 22.5. The average molecular weight is 404 g/mol. The molecule has 1 aliphatic heterocycles. The van der Waals surface area contributed by atoms with E-state index in [-0.39, 0.29) is 23.4 Å². The summed E-state index contributed by atoms with van der Waals surface area (Å²) < 4.78 is 55.2. The third-order valence-corrected chi connectivity index (χ3v) is 4.79. The van der Waals surface area contributed by atoms with Crippen LogP contribution < -0.4 is 10.1 Å². The quantitative estimate of drug-likeness (QED) is 0.714. The third-order valence-electron chi connectivity index (χ3n) is 4.79. The Bertz CT molecular complexity index is 658. The summed E-state index contributed by atoms with van der Waals surface area (Å²) in [4.78, 5) is 14.3. The zero-order valence-corrected chi connectivity index (χ0v) is 16.5. The Morgan fingerprint density at radius 2 is 2.00 bits per heavy atom. The van der Waals surface area contributed by atoms with Crippen LogP contribution >= 0.6 is 0 Å². The topological polar surface area (TPSA) is 41.6 Å². The Kier molecular flexibility index (Phi) is 7.31. The van der Waals surface area contributed by atoms with E-state index < -0.39 is 24.2 Å². The van der Waals surface area contributed by atoms with Crippen LogP contribution in [0.3, 0.4) is 0 Å². The number of halogens is 4. The van der Waals surface area contributed by atoms with Gasteiger partial charge in [-0.25, -0.2) is 4.39 Å². The normalized spacial score (nSPS) is 21.4. The standard InChI is InChI=1S/C20H28F4N2O2/c1-19(2,3)8-10-26-9-7-15(17(21)13-26)12-25-18(27)14-5-4-6-16(11-14)28-20(22,23)24/h4-6,11,15,17H,7-10,12-13H2,1-3H3,(H,25,27). The molecule has 4 nitrogen and oxygen atoms in total. The van der Waals surface area contributed by atoms with Crippen molar-refractivity contribution >= 4 is 5.91 Å². The maximum absolute atomic E-state index is 14.5. The molecule has 1 fully saturated rings. The van der Waals surface area contributed by atoms with Gasteiger partial charge in [0.05, 0.1) is 0 Å². The van der Waals surface area contributed by atoms with Crippen LogP contribution in [0.2, 0.25) is 0 Å². The van der Waals surface area contributed by atoms with Crippen LogP contribution in [-0.2, 0) is 0 Å². The van der Waals surface area contributed by atoms with Crippen LogP contribution in [0.5, 0.6) is 5.75 Å². The minimum absolute atomic E-state index is 0.0415. The second-order valence-corrected chi connectivity index (χ2v) is 8.46. The smallest absolute Gasteiger partial charge is 0.406 e. The van der Waals surface area contributed by atoms with Gasteiger partial charge in [-0.2, -0.15) is 0 Å². The highest BCUT2D eigenvalue weighted by Gasteiger charge is 2.32. The summed E-state index contributed by atoms with van der Waals surface area (Å²) in [6.07, 6.45) is -4.26. The molecule has 2 rings (SSSR count). The minimum atomic E-state index is -4.82. The monoisotopic (exact) mass is 404 g/mol. The van der Waals surface area contributed by atoms with Crippen molar-refractivity contribution in [1.82, 2.24) is 10.2 Å². The number of rotatable bonds is 6. The molecule has 0 aromatic heterocycles. The van der Waals surface area contributed by atoms with Gasteiger partial charge in [0.15, 0.2) is 0 Å². The fraction of sp³-hybridized carbons (Fsp3) is 0.650. The third kappa shape index (κ3) is 7.66.